The fraction of sp³-hybridized carbons (Fsp3) is 0.261. The molecule has 150 valence electrons. The minimum Gasteiger partial charge on any atom is -0.352 e. The molecule has 0 radical (unpaired) electrons. The van der Waals surface area contributed by atoms with Crippen LogP contribution in [0.15, 0.2) is 42.9 Å². The van der Waals surface area contributed by atoms with Gasteiger partial charge in [0.2, 0.25) is 0 Å². The Hall–Kier alpha value is -3.03. The van der Waals surface area contributed by atoms with Gasteiger partial charge < -0.3 is 10.3 Å². The molecule has 7 heteroatoms. The molecule has 0 bridgehead atoms. The van der Waals surface area contributed by atoms with Gasteiger partial charge in [-0.1, -0.05) is 0 Å². The van der Waals surface area contributed by atoms with Crippen LogP contribution < -0.4 is 5.32 Å². The Morgan fingerprint density at radius 3 is 2.73 bits per heavy atom. The third-order valence-corrected chi connectivity index (χ3v) is 7.07. The summed E-state index contributed by atoms with van der Waals surface area (Å²) >= 11 is 1.79. The summed E-state index contributed by atoms with van der Waals surface area (Å²) in [5, 5.41) is 13.5. The second-order valence-electron chi connectivity index (χ2n) is 7.99. The number of hydrogen-bond donors (Lipinski definition) is 3. The molecule has 1 aliphatic heterocycles. The minimum absolute atomic E-state index is 0.513. The van der Waals surface area contributed by atoms with Crippen LogP contribution in [-0.4, -0.2) is 38.2 Å². The number of aromatic nitrogens is 5. The summed E-state index contributed by atoms with van der Waals surface area (Å²) in [6.45, 7) is 4.25. The molecule has 0 aliphatic carbocycles. The highest BCUT2D eigenvalue weighted by atomic mass is 32.1. The fourth-order valence-corrected chi connectivity index (χ4v) is 5.33. The van der Waals surface area contributed by atoms with E-state index < -0.39 is 0 Å². The number of piperidine rings is 1. The van der Waals surface area contributed by atoms with Crippen LogP contribution in [0.5, 0.6) is 0 Å². The molecule has 6 heterocycles. The second kappa shape index (κ2) is 7.04. The summed E-state index contributed by atoms with van der Waals surface area (Å²) in [4.78, 5) is 15.3. The van der Waals surface area contributed by atoms with Gasteiger partial charge in [0.15, 0.2) is 0 Å². The number of nitrogens with zero attached hydrogens (tertiary/aromatic N) is 3. The molecular formula is C23H22N6S. The van der Waals surface area contributed by atoms with Gasteiger partial charge in [-0.3, -0.25) is 15.1 Å². The smallest absolute Gasteiger partial charge is 0.116 e. The maximum atomic E-state index is 4.72. The van der Waals surface area contributed by atoms with Crippen LogP contribution in [-0.2, 0) is 0 Å². The van der Waals surface area contributed by atoms with E-state index in [4.69, 9.17) is 4.98 Å². The van der Waals surface area contributed by atoms with Crippen LogP contribution in [0.25, 0.3) is 43.6 Å². The van der Waals surface area contributed by atoms with E-state index in [2.05, 4.69) is 56.7 Å². The summed E-state index contributed by atoms with van der Waals surface area (Å²) in [7, 11) is 0. The van der Waals surface area contributed by atoms with Crippen LogP contribution in [0, 0.1) is 6.92 Å². The zero-order valence-electron chi connectivity index (χ0n) is 16.7. The van der Waals surface area contributed by atoms with Crippen LogP contribution in [0.2, 0.25) is 0 Å². The summed E-state index contributed by atoms with van der Waals surface area (Å²) in [6.07, 6.45) is 8.03. The van der Waals surface area contributed by atoms with Crippen molar-refractivity contribution >= 4 is 33.1 Å². The van der Waals surface area contributed by atoms with Crippen molar-refractivity contribution in [2.45, 2.75) is 25.7 Å². The average molecular weight is 415 g/mol. The lowest BCUT2D eigenvalue weighted by molar-refractivity contribution is 0.453. The molecule has 0 saturated carbocycles. The van der Waals surface area contributed by atoms with Gasteiger partial charge in [-0.05, 0) is 57.1 Å². The molecule has 1 aliphatic rings. The van der Waals surface area contributed by atoms with Crippen molar-refractivity contribution < 1.29 is 0 Å². The molecule has 1 fully saturated rings. The zero-order chi connectivity index (χ0) is 20.1. The highest BCUT2D eigenvalue weighted by Crippen LogP contribution is 2.36. The lowest BCUT2D eigenvalue weighted by atomic mass is 9.93. The Morgan fingerprint density at radius 1 is 1.00 bits per heavy atom. The van der Waals surface area contributed by atoms with Gasteiger partial charge >= 0.3 is 0 Å². The van der Waals surface area contributed by atoms with E-state index in [9.17, 15) is 0 Å². The molecule has 1 saturated heterocycles. The number of pyridine rings is 2. The number of H-pyrrole nitrogens is 2. The maximum absolute atomic E-state index is 4.72. The standard InChI is InChI=1S/C23H22N6S/c1-13-2-3-22(30-13)17-10-25-11-20-15(17)8-19(27-20)23-16-9-18(14-4-6-24-7-5-14)26-12-21(16)28-29-23/h2-3,8-12,14,24,27H,4-7H2,1H3,(H,28,29). The Kier molecular flexibility index (Phi) is 4.17. The van der Waals surface area contributed by atoms with E-state index in [0.29, 0.717) is 5.92 Å². The average Bonchev–Trinajstić information content (AvgIpc) is 3.51. The Labute approximate surface area is 177 Å². The first-order valence-electron chi connectivity index (χ1n) is 10.3. The predicted molar refractivity (Wildman–Crippen MR) is 122 cm³/mol. The molecule has 3 N–H and O–H groups in total. The summed E-state index contributed by atoms with van der Waals surface area (Å²) in [5.74, 6) is 0.513. The maximum Gasteiger partial charge on any atom is 0.116 e. The van der Waals surface area contributed by atoms with E-state index in [1.807, 2.05) is 18.6 Å². The molecular weight excluding hydrogens is 392 g/mol. The number of rotatable bonds is 3. The van der Waals surface area contributed by atoms with E-state index in [1.54, 1.807) is 11.3 Å². The molecule has 0 spiro atoms. The third kappa shape index (κ3) is 2.93. The molecule has 6 nitrogen and oxygen atoms in total. The lowest BCUT2D eigenvalue weighted by Gasteiger charge is -2.22. The van der Waals surface area contributed by atoms with Gasteiger partial charge in [-0.25, -0.2) is 0 Å². The van der Waals surface area contributed by atoms with Crippen molar-refractivity contribution in [2.24, 2.45) is 0 Å². The topological polar surface area (TPSA) is 82.3 Å². The third-order valence-electron chi connectivity index (χ3n) is 6.03. The van der Waals surface area contributed by atoms with E-state index in [1.165, 1.54) is 20.8 Å². The summed E-state index contributed by atoms with van der Waals surface area (Å²) < 4.78 is 0. The molecule has 30 heavy (non-hydrogen) atoms. The molecule has 0 unspecified atom stereocenters. The Balaban J connectivity index is 1.47. The lowest BCUT2D eigenvalue weighted by Crippen LogP contribution is -2.27. The molecule has 5 aromatic heterocycles. The number of thiophene rings is 1. The number of hydrogen-bond acceptors (Lipinski definition) is 5. The summed E-state index contributed by atoms with van der Waals surface area (Å²) in [5.41, 5.74) is 6.25. The van der Waals surface area contributed by atoms with Crippen LogP contribution in [0.4, 0.5) is 0 Å². The highest BCUT2D eigenvalue weighted by Gasteiger charge is 2.19. The first-order chi connectivity index (χ1) is 14.8. The highest BCUT2D eigenvalue weighted by molar-refractivity contribution is 7.15. The van der Waals surface area contributed by atoms with Crippen molar-refractivity contribution in [2.75, 3.05) is 13.1 Å². The second-order valence-corrected chi connectivity index (χ2v) is 9.28. The van der Waals surface area contributed by atoms with E-state index in [0.717, 1.165) is 59.3 Å². The van der Waals surface area contributed by atoms with Crippen LogP contribution in [0.3, 0.4) is 0 Å². The quantitative estimate of drug-likeness (QED) is 0.388. The van der Waals surface area contributed by atoms with Crippen molar-refractivity contribution in [3.8, 4) is 21.8 Å². The molecule has 5 aromatic rings. The Morgan fingerprint density at radius 2 is 1.90 bits per heavy atom. The number of nitrogens with one attached hydrogen (secondary N) is 3. The van der Waals surface area contributed by atoms with Crippen molar-refractivity contribution in [3.05, 3.63) is 53.4 Å². The SMILES string of the molecule is Cc1ccc(-c2cncc3[nH]c(-c4n[nH]c5cnc(C6CCNCC6)cc45)cc23)s1. The molecule has 0 atom stereocenters. The normalized spacial score (nSPS) is 15.4. The summed E-state index contributed by atoms with van der Waals surface area (Å²) in [6, 6.07) is 8.74. The van der Waals surface area contributed by atoms with Crippen molar-refractivity contribution in [1.82, 2.24) is 30.5 Å². The molecule has 6 rings (SSSR count). The van der Waals surface area contributed by atoms with Crippen molar-refractivity contribution in [3.63, 3.8) is 0 Å². The Bertz CT molecular complexity index is 1350. The number of aromatic amines is 2. The monoisotopic (exact) mass is 414 g/mol. The predicted octanol–water partition coefficient (Wildman–Crippen LogP) is 5.01. The van der Waals surface area contributed by atoms with Gasteiger partial charge in [0.25, 0.3) is 0 Å². The fourth-order valence-electron chi connectivity index (χ4n) is 4.43. The zero-order valence-corrected chi connectivity index (χ0v) is 17.5. The van der Waals surface area contributed by atoms with Gasteiger partial charge in [0.1, 0.15) is 5.69 Å². The van der Waals surface area contributed by atoms with Gasteiger partial charge in [0, 0.05) is 43.9 Å². The van der Waals surface area contributed by atoms with E-state index in [-0.39, 0.29) is 0 Å². The van der Waals surface area contributed by atoms with Gasteiger partial charge in [0.05, 0.1) is 29.1 Å². The van der Waals surface area contributed by atoms with E-state index >= 15 is 0 Å². The minimum atomic E-state index is 0.513. The number of aryl methyl sites for hydroxylation is 1. The van der Waals surface area contributed by atoms with Crippen LogP contribution in [0.1, 0.15) is 29.3 Å². The molecule has 0 amide bonds. The van der Waals surface area contributed by atoms with Crippen LogP contribution >= 0.6 is 11.3 Å². The van der Waals surface area contributed by atoms with Gasteiger partial charge in [-0.15, -0.1) is 11.3 Å². The van der Waals surface area contributed by atoms with Crippen molar-refractivity contribution in [1.29, 1.82) is 0 Å². The largest absolute Gasteiger partial charge is 0.352 e. The van der Waals surface area contributed by atoms with Gasteiger partial charge in [-0.2, -0.15) is 5.10 Å². The molecule has 0 aromatic carbocycles. The number of fused-ring (bicyclic) bond motifs is 2. The first-order valence-corrected chi connectivity index (χ1v) is 11.2. The first kappa shape index (κ1) is 17.8.